The molecule has 0 radical (unpaired) electrons. The van der Waals surface area contributed by atoms with Crippen LogP contribution in [-0.4, -0.2) is 23.1 Å². The normalized spacial score (nSPS) is 13.2. The number of nitrogens with one attached hydrogen (secondary N) is 2. The summed E-state index contributed by atoms with van der Waals surface area (Å²) in [6, 6.07) is 19.5. The van der Waals surface area contributed by atoms with Gasteiger partial charge in [0.1, 0.15) is 5.82 Å². The van der Waals surface area contributed by atoms with Gasteiger partial charge in [0.25, 0.3) is 0 Å². The molecule has 0 saturated carbocycles. The first-order chi connectivity index (χ1) is 13.3. The van der Waals surface area contributed by atoms with Gasteiger partial charge in [-0.2, -0.15) is 10.2 Å². The molecule has 2 aromatic carbocycles. The highest BCUT2D eigenvalue weighted by atomic mass is 15.1. The zero-order valence-electron chi connectivity index (χ0n) is 14.9. The van der Waals surface area contributed by atoms with Gasteiger partial charge in [-0.1, -0.05) is 0 Å². The Morgan fingerprint density at radius 2 is 1.52 bits per heavy atom. The van der Waals surface area contributed by atoms with Gasteiger partial charge in [-0.15, -0.1) is 0 Å². The van der Waals surface area contributed by atoms with Crippen molar-refractivity contribution < 1.29 is 0 Å². The lowest BCUT2D eigenvalue weighted by Crippen LogP contribution is -2.17. The first-order valence-corrected chi connectivity index (χ1v) is 9.02. The van der Waals surface area contributed by atoms with Crippen LogP contribution in [0.25, 0.3) is 0 Å². The molecule has 1 saturated heterocycles. The minimum absolute atomic E-state index is 0.499. The Morgan fingerprint density at radius 1 is 0.852 bits per heavy atom. The molecule has 4 rings (SSSR count). The minimum atomic E-state index is 0.499. The van der Waals surface area contributed by atoms with Gasteiger partial charge >= 0.3 is 0 Å². The topological polar surface area (TPSA) is 76.9 Å². The molecule has 0 amide bonds. The molecule has 1 aliphatic rings. The zero-order valence-corrected chi connectivity index (χ0v) is 14.9. The Balaban J connectivity index is 1.43. The van der Waals surface area contributed by atoms with Crippen LogP contribution in [0.3, 0.4) is 0 Å². The molecule has 1 fully saturated rings. The van der Waals surface area contributed by atoms with E-state index in [0.717, 1.165) is 30.3 Å². The Bertz CT molecular complexity index is 938. The van der Waals surface area contributed by atoms with Crippen LogP contribution in [-0.2, 0) is 0 Å². The first kappa shape index (κ1) is 16.9. The van der Waals surface area contributed by atoms with E-state index < -0.39 is 0 Å². The fourth-order valence-corrected chi connectivity index (χ4v) is 3.12. The number of aromatic nitrogens is 2. The summed E-state index contributed by atoms with van der Waals surface area (Å²) in [7, 11) is 0. The lowest BCUT2D eigenvalue weighted by atomic mass is 10.2. The highest BCUT2D eigenvalue weighted by molar-refractivity contribution is 5.62. The maximum atomic E-state index is 8.87. The van der Waals surface area contributed by atoms with Crippen molar-refractivity contribution in [2.24, 2.45) is 0 Å². The van der Waals surface area contributed by atoms with Crippen molar-refractivity contribution in [3.63, 3.8) is 0 Å². The third-order valence-electron chi connectivity index (χ3n) is 4.54. The third kappa shape index (κ3) is 4.15. The fourth-order valence-electron chi connectivity index (χ4n) is 3.12. The molecule has 0 bridgehead atoms. The van der Waals surface area contributed by atoms with Crippen LogP contribution >= 0.6 is 0 Å². The van der Waals surface area contributed by atoms with Crippen LogP contribution in [0.15, 0.2) is 60.8 Å². The smallest absolute Gasteiger partial charge is 0.229 e. The quantitative estimate of drug-likeness (QED) is 0.704. The SMILES string of the molecule is N#Cc1ccc(Nc2nccc(Nc3ccc(N4CCCC4)cc3)n2)cc1. The molecule has 6 heteroatoms. The van der Waals surface area contributed by atoms with Crippen LogP contribution in [0.5, 0.6) is 0 Å². The van der Waals surface area contributed by atoms with E-state index in [1.165, 1.54) is 18.5 Å². The molecule has 0 atom stereocenters. The van der Waals surface area contributed by atoms with Gasteiger partial charge in [-0.05, 0) is 67.4 Å². The van der Waals surface area contributed by atoms with Gasteiger partial charge in [0.05, 0.1) is 11.6 Å². The summed E-state index contributed by atoms with van der Waals surface area (Å²) in [4.78, 5) is 11.2. The summed E-state index contributed by atoms with van der Waals surface area (Å²) in [5.41, 5.74) is 3.71. The van der Waals surface area contributed by atoms with E-state index >= 15 is 0 Å². The molecule has 134 valence electrons. The molecular weight excluding hydrogens is 336 g/mol. The van der Waals surface area contributed by atoms with E-state index in [9.17, 15) is 0 Å². The number of hydrogen-bond acceptors (Lipinski definition) is 6. The lowest BCUT2D eigenvalue weighted by molar-refractivity contribution is 0.949. The Morgan fingerprint density at radius 3 is 2.22 bits per heavy atom. The summed E-state index contributed by atoms with van der Waals surface area (Å²) in [6.45, 7) is 2.28. The molecule has 0 spiro atoms. The lowest BCUT2D eigenvalue weighted by Gasteiger charge is -2.18. The van der Waals surface area contributed by atoms with Crippen molar-refractivity contribution in [3.05, 3.63) is 66.4 Å². The van der Waals surface area contributed by atoms with E-state index in [1.54, 1.807) is 18.3 Å². The molecule has 2 N–H and O–H groups in total. The van der Waals surface area contributed by atoms with E-state index in [-0.39, 0.29) is 0 Å². The average molecular weight is 356 g/mol. The molecule has 2 heterocycles. The van der Waals surface area contributed by atoms with Crippen LogP contribution in [0.1, 0.15) is 18.4 Å². The van der Waals surface area contributed by atoms with Crippen molar-refractivity contribution >= 4 is 28.8 Å². The fraction of sp³-hybridized carbons (Fsp3) is 0.190. The molecule has 6 nitrogen and oxygen atoms in total. The maximum Gasteiger partial charge on any atom is 0.229 e. The van der Waals surface area contributed by atoms with Gasteiger partial charge in [0.15, 0.2) is 0 Å². The second-order valence-electron chi connectivity index (χ2n) is 6.45. The monoisotopic (exact) mass is 356 g/mol. The summed E-state index contributed by atoms with van der Waals surface area (Å²) >= 11 is 0. The predicted octanol–water partition coefficient (Wildman–Crippen LogP) is 4.44. The average Bonchev–Trinajstić information content (AvgIpc) is 3.24. The summed E-state index contributed by atoms with van der Waals surface area (Å²) in [5.74, 6) is 1.22. The maximum absolute atomic E-state index is 8.87. The van der Waals surface area contributed by atoms with E-state index in [2.05, 4.69) is 55.8 Å². The van der Waals surface area contributed by atoms with Crippen LogP contribution < -0.4 is 15.5 Å². The summed E-state index contributed by atoms with van der Waals surface area (Å²) in [6.07, 6.45) is 4.26. The number of rotatable bonds is 5. The van der Waals surface area contributed by atoms with E-state index in [4.69, 9.17) is 5.26 Å². The first-order valence-electron chi connectivity index (χ1n) is 9.02. The Hall–Kier alpha value is -3.59. The molecule has 0 aliphatic carbocycles. The van der Waals surface area contributed by atoms with Crippen LogP contribution in [0.2, 0.25) is 0 Å². The summed E-state index contributed by atoms with van der Waals surface area (Å²) in [5, 5.41) is 15.3. The summed E-state index contributed by atoms with van der Waals surface area (Å²) < 4.78 is 0. The second kappa shape index (κ2) is 7.75. The standard InChI is InChI=1S/C21H20N6/c22-15-16-3-5-18(6-4-16)25-21-23-12-11-20(26-21)24-17-7-9-19(10-8-17)27-13-1-2-14-27/h3-12H,1-2,13-14H2,(H2,23,24,25,26). The van der Waals surface area contributed by atoms with Crippen LogP contribution in [0, 0.1) is 11.3 Å². The molecular formula is C21H20N6. The van der Waals surface area contributed by atoms with Gasteiger partial charge in [-0.25, -0.2) is 4.98 Å². The predicted molar refractivity (Wildman–Crippen MR) is 108 cm³/mol. The van der Waals surface area contributed by atoms with Crippen molar-refractivity contribution in [1.29, 1.82) is 5.26 Å². The molecule has 3 aromatic rings. The molecule has 27 heavy (non-hydrogen) atoms. The molecule has 0 unspecified atom stereocenters. The molecule has 1 aromatic heterocycles. The number of anilines is 5. The Labute approximate surface area is 158 Å². The van der Waals surface area contributed by atoms with Crippen molar-refractivity contribution in [2.75, 3.05) is 28.6 Å². The second-order valence-corrected chi connectivity index (χ2v) is 6.45. The van der Waals surface area contributed by atoms with E-state index in [1.807, 2.05) is 18.2 Å². The number of hydrogen-bond donors (Lipinski definition) is 2. The Kier molecular flexibility index (Phi) is 4.84. The van der Waals surface area contributed by atoms with Crippen molar-refractivity contribution in [3.8, 4) is 6.07 Å². The van der Waals surface area contributed by atoms with Gasteiger partial charge in [-0.3, -0.25) is 0 Å². The highest BCUT2D eigenvalue weighted by Crippen LogP contribution is 2.24. The highest BCUT2D eigenvalue weighted by Gasteiger charge is 2.11. The number of benzene rings is 2. The number of nitriles is 1. The van der Waals surface area contributed by atoms with Gasteiger partial charge in [0.2, 0.25) is 5.95 Å². The van der Waals surface area contributed by atoms with Crippen LogP contribution in [0.4, 0.5) is 28.8 Å². The number of nitrogens with zero attached hydrogens (tertiary/aromatic N) is 4. The third-order valence-corrected chi connectivity index (χ3v) is 4.54. The minimum Gasteiger partial charge on any atom is -0.372 e. The van der Waals surface area contributed by atoms with Crippen molar-refractivity contribution in [2.45, 2.75) is 12.8 Å². The van der Waals surface area contributed by atoms with E-state index in [0.29, 0.717) is 11.5 Å². The molecule has 1 aliphatic heterocycles. The largest absolute Gasteiger partial charge is 0.372 e. The van der Waals surface area contributed by atoms with Crippen molar-refractivity contribution in [1.82, 2.24) is 9.97 Å². The van der Waals surface area contributed by atoms with Gasteiger partial charge < -0.3 is 15.5 Å². The zero-order chi connectivity index (χ0) is 18.5. The van der Waals surface area contributed by atoms with Gasteiger partial charge in [0, 0.05) is 36.3 Å².